The van der Waals surface area contributed by atoms with Gasteiger partial charge in [0.2, 0.25) is 11.8 Å². The fraction of sp³-hybridized carbons (Fsp3) is 0.176. The van der Waals surface area contributed by atoms with E-state index in [0.29, 0.717) is 17.9 Å². The molecule has 0 bridgehead atoms. The third-order valence-corrected chi connectivity index (χ3v) is 4.91. The first kappa shape index (κ1) is 16.8. The van der Waals surface area contributed by atoms with Crippen molar-refractivity contribution in [2.45, 2.75) is 11.3 Å². The summed E-state index contributed by atoms with van der Waals surface area (Å²) < 4.78 is 13.9. The minimum Gasteiger partial charge on any atom is -0.322 e. The van der Waals surface area contributed by atoms with Gasteiger partial charge >= 0.3 is 0 Å². The maximum atomic E-state index is 13.9. The molecule has 3 rings (SSSR count). The van der Waals surface area contributed by atoms with E-state index in [1.165, 1.54) is 17.0 Å². The Morgan fingerprint density at radius 1 is 1.25 bits per heavy atom. The second-order valence-corrected chi connectivity index (χ2v) is 6.74. The molecule has 0 radical (unpaired) electrons. The van der Waals surface area contributed by atoms with Crippen LogP contribution in [0.3, 0.4) is 0 Å². The van der Waals surface area contributed by atoms with Crippen LogP contribution in [0.4, 0.5) is 15.8 Å². The van der Waals surface area contributed by atoms with E-state index in [1.54, 1.807) is 23.9 Å². The number of halogens is 2. The normalized spacial score (nSPS) is 14.1. The fourth-order valence-electron chi connectivity index (χ4n) is 2.43. The van der Waals surface area contributed by atoms with Crippen molar-refractivity contribution in [3.63, 3.8) is 0 Å². The van der Waals surface area contributed by atoms with Gasteiger partial charge in [-0.25, -0.2) is 4.39 Å². The van der Waals surface area contributed by atoms with Gasteiger partial charge in [0.25, 0.3) is 0 Å². The van der Waals surface area contributed by atoms with Crippen molar-refractivity contribution in [2.75, 3.05) is 22.5 Å². The van der Waals surface area contributed by atoms with Gasteiger partial charge < -0.3 is 10.2 Å². The number of carbonyl (C=O) groups excluding carboxylic acids is 2. The van der Waals surface area contributed by atoms with Gasteiger partial charge in [-0.3, -0.25) is 9.59 Å². The Kier molecular flexibility index (Phi) is 5.06. The third kappa shape index (κ3) is 3.55. The van der Waals surface area contributed by atoms with Crippen molar-refractivity contribution >= 4 is 46.6 Å². The third-order valence-electron chi connectivity index (χ3n) is 3.56. The van der Waals surface area contributed by atoms with Gasteiger partial charge in [-0.05, 0) is 24.3 Å². The molecule has 0 saturated heterocycles. The van der Waals surface area contributed by atoms with Crippen molar-refractivity contribution in [1.29, 1.82) is 0 Å². The Morgan fingerprint density at radius 2 is 2.04 bits per heavy atom. The van der Waals surface area contributed by atoms with Crippen molar-refractivity contribution in [2.24, 2.45) is 0 Å². The molecule has 1 N–H and O–H groups in total. The first-order chi connectivity index (χ1) is 11.6. The zero-order valence-corrected chi connectivity index (χ0v) is 14.2. The summed E-state index contributed by atoms with van der Waals surface area (Å²) >= 11 is 7.29. The molecular formula is C17H14ClFN2O2S. The van der Waals surface area contributed by atoms with E-state index < -0.39 is 11.7 Å². The number of nitrogens with zero attached hydrogens (tertiary/aromatic N) is 1. The molecule has 1 heterocycles. The van der Waals surface area contributed by atoms with Crippen molar-refractivity contribution in [3.05, 3.63) is 53.3 Å². The Bertz CT molecular complexity index is 800. The molecule has 0 unspecified atom stereocenters. The summed E-state index contributed by atoms with van der Waals surface area (Å²) in [5.41, 5.74) is 0.698. The predicted molar refractivity (Wildman–Crippen MR) is 94.2 cm³/mol. The molecule has 7 heteroatoms. The molecule has 0 fully saturated rings. The molecule has 0 spiro atoms. The fourth-order valence-corrected chi connectivity index (χ4v) is 3.60. The lowest BCUT2D eigenvalue weighted by Crippen LogP contribution is -2.38. The number of hydrogen-bond acceptors (Lipinski definition) is 3. The van der Waals surface area contributed by atoms with Crippen LogP contribution in [-0.4, -0.2) is 24.1 Å². The second kappa shape index (κ2) is 7.23. The summed E-state index contributed by atoms with van der Waals surface area (Å²) in [4.78, 5) is 27.0. The Hall–Kier alpha value is -2.05. The lowest BCUT2D eigenvalue weighted by molar-refractivity contribution is -0.121. The Labute approximate surface area is 148 Å². The zero-order chi connectivity index (χ0) is 17.1. The van der Waals surface area contributed by atoms with Gasteiger partial charge in [0.1, 0.15) is 6.54 Å². The van der Waals surface area contributed by atoms with Crippen LogP contribution < -0.4 is 10.2 Å². The highest BCUT2D eigenvalue weighted by Gasteiger charge is 2.24. The minimum absolute atomic E-state index is 0.00238. The molecular weight excluding hydrogens is 351 g/mol. The quantitative estimate of drug-likeness (QED) is 0.897. The van der Waals surface area contributed by atoms with Crippen LogP contribution in [0.25, 0.3) is 0 Å². The number of amides is 2. The van der Waals surface area contributed by atoms with E-state index >= 15 is 0 Å². The lowest BCUT2D eigenvalue weighted by atomic mass is 10.2. The lowest BCUT2D eigenvalue weighted by Gasteiger charge is -2.22. The van der Waals surface area contributed by atoms with E-state index in [-0.39, 0.29) is 23.2 Å². The van der Waals surface area contributed by atoms with E-state index in [4.69, 9.17) is 11.6 Å². The summed E-state index contributed by atoms with van der Waals surface area (Å²) in [5, 5.41) is 2.40. The largest absolute Gasteiger partial charge is 0.322 e. The zero-order valence-electron chi connectivity index (χ0n) is 12.6. The standard InChI is InChI=1S/C17H14ClFN2O2S/c18-11-4-3-5-12(17(11)19)20-15(22)10-21-13-6-1-2-7-14(13)24-9-8-16(21)23/h1-7H,8-10H2,(H,20,22). The number of nitrogens with one attached hydrogen (secondary N) is 1. The highest BCUT2D eigenvalue weighted by atomic mass is 35.5. The molecule has 1 aliphatic heterocycles. The number of anilines is 2. The Morgan fingerprint density at radius 3 is 2.88 bits per heavy atom. The number of carbonyl (C=O) groups is 2. The summed E-state index contributed by atoms with van der Waals surface area (Å²) in [6.07, 6.45) is 0.345. The van der Waals surface area contributed by atoms with Crippen LogP contribution in [0.15, 0.2) is 47.4 Å². The number of rotatable bonds is 3. The highest BCUT2D eigenvalue weighted by Crippen LogP contribution is 2.34. The van der Waals surface area contributed by atoms with Gasteiger partial charge in [0, 0.05) is 17.1 Å². The number of para-hydroxylation sites is 1. The topological polar surface area (TPSA) is 49.4 Å². The molecule has 2 aromatic carbocycles. The van der Waals surface area contributed by atoms with Crippen LogP contribution in [0.5, 0.6) is 0 Å². The minimum atomic E-state index is -0.689. The summed E-state index contributed by atoms with van der Waals surface area (Å²) in [6, 6.07) is 11.8. The second-order valence-electron chi connectivity index (χ2n) is 5.20. The Balaban J connectivity index is 1.80. The van der Waals surface area contributed by atoms with Crippen molar-refractivity contribution in [1.82, 2.24) is 0 Å². The maximum Gasteiger partial charge on any atom is 0.244 e. The van der Waals surface area contributed by atoms with Gasteiger partial charge in [-0.1, -0.05) is 29.8 Å². The number of benzene rings is 2. The van der Waals surface area contributed by atoms with Crippen LogP contribution in [0, 0.1) is 5.82 Å². The smallest absolute Gasteiger partial charge is 0.244 e. The average Bonchev–Trinajstić information content (AvgIpc) is 2.72. The monoisotopic (exact) mass is 364 g/mol. The van der Waals surface area contributed by atoms with Crippen LogP contribution >= 0.6 is 23.4 Å². The van der Waals surface area contributed by atoms with E-state index in [9.17, 15) is 14.0 Å². The van der Waals surface area contributed by atoms with Gasteiger partial charge in [-0.2, -0.15) is 0 Å². The van der Waals surface area contributed by atoms with E-state index in [2.05, 4.69) is 5.32 Å². The van der Waals surface area contributed by atoms with Gasteiger partial charge in [0.05, 0.1) is 16.4 Å². The van der Waals surface area contributed by atoms with Crippen molar-refractivity contribution < 1.29 is 14.0 Å². The number of fused-ring (bicyclic) bond motifs is 1. The predicted octanol–water partition coefficient (Wildman–Crippen LogP) is 3.95. The molecule has 0 saturated carbocycles. The summed E-state index contributed by atoms with van der Waals surface area (Å²) in [7, 11) is 0. The molecule has 24 heavy (non-hydrogen) atoms. The van der Waals surface area contributed by atoms with Crippen LogP contribution in [-0.2, 0) is 9.59 Å². The maximum absolute atomic E-state index is 13.9. The molecule has 1 aliphatic rings. The van der Waals surface area contributed by atoms with E-state index in [1.807, 2.05) is 18.2 Å². The van der Waals surface area contributed by atoms with Crippen LogP contribution in [0.2, 0.25) is 5.02 Å². The molecule has 2 amide bonds. The first-order valence-electron chi connectivity index (χ1n) is 7.32. The van der Waals surface area contributed by atoms with Gasteiger partial charge in [-0.15, -0.1) is 11.8 Å². The molecule has 0 aliphatic carbocycles. The first-order valence-corrected chi connectivity index (χ1v) is 8.68. The molecule has 2 aromatic rings. The SMILES string of the molecule is O=C(CN1C(=O)CCSc2ccccc21)Nc1cccc(Cl)c1F. The molecule has 124 valence electrons. The van der Waals surface area contributed by atoms with Crippen LogP contribution in [0.1, 0.15) is 6.42 Å². The van der Waals surface area contributed by atoms with Gasteiger partial charge in [0.15, 0.2) is 5.82 Å². The summed E-state index contributed by atoms with van der Waals surface area (Å²) in [5.74, 6) is -0.636. The number of hydrogen-bond donors (Lipinski definition) is 1. The number of thioether (sulfide) groups is 1. The summed E-state index contributed by atoms with van der Waals surface area (Å²) in [6.45, 7) is -0.178. The van der Waals surface area contributed by atoms with E-state index in [0.717, 1.165) is 4.90 Å². The highest BCUT2D eigenvalue weighted by molar-refractivity contribution is 7.99. The average molecular weight is 365 g/mol. The molecule has 0 aromatic heterocycles. The van der Waals surface area contributed by atoms with Crippen molar-refractivity contribution in [3.8, 4) is 0 Å². The molecule has 0 atom stereocenters. The molecule has 4 nitrogen and oxygen atoms in total.